The number of aryl methyl sites for hydroxylation is 1. The molecule has 0 saturated heterocycles. The van der Waals surface area contributed by atoms with Crippen LogP contribution < -0.4 is 5.73 Å². The summed E-state index contributed by atoms with van der Waals surface area (Å²) >= 11 is 0. The van der Waals surface area contributed by atoms with Crippen molar-refractivity contribution in [3.8, 4) is 11.3 Å². The molecule has 0 aliphatic rings. The Labute approximate surface area is 90.4 Å². The smallest absolute Gasteiger partial charge is 0.222 e. The monoisotopic (exact) mass is 215 g/mol. The average Bonchev–Trinajstić information content (AvgIpc) is 2.84. The summed E-state index contributed by atoms with van der Waals surface area (Å²) in [5.41, 5.74) is 8.55. The van der Waals surface area contributed by atoms with Crippen LogP contribution >= 0.6 is 0 Å². The molecule has 0 amide bonds. The molecule has 0 aliphatic heterocycles. The van der Waals surface area contributed by atoms with Gasteiger partial charge in [-0.15, -0.1) is 0 Å². The highest BCUT2D eigenvalue weighted by molar-refractivity contribution is 5.87. The molecule has 0 aliphatic carbocycles. The molecule has 0 unspecified atom stereocenters. The number of imidazole rings is 1. The van der Waals surface area contributed by atoms with E-state index in [-0.39, 0.29) is 5.95 Å². The number of nitrogens with zero attached hydrogens (tertiary/aromatic N) is 5. The highest BCUT2D eigenvalue weighted by Crippen LogP contribution is 2.23. The fraction of sp³-hybridized carbons (Fsp3) is 0.111. The van der Waals surface area contributed by atoms with Gasteiger partial charge in [0.05, 0.1) is 12.5 Å². The van der Waals surface area contributed by atoms with Crippen molar-refractivity contribution >= 4 is 17.1 Å². The van der Waals surface area contributed by atoms with Crippen molar-refractivity contribution in [3.63, 3.8) is 0 Å². The molecule has 0 fully saturated rings. The van der Waals surface area contributed by atoms with Gasteiger partial charge in [-0.25, -0.2) is 9.97 Å². The van der Waals surface area contributed by atoms with E-state index in [9.17, 15) is 0 Å². The van der Waals surface area contributed by atoms with Crippen LogP contribution in [0.25, 0.3) is 22.4 Å². The lowest BCUT2D eigenvalue weighted by Gasteiger charge is -1.99. The van der Waals surface area contributed by atoms with Gasteiger partial charge in [0.1, 0.15) is 11.2 Å². The third-order valence-corrected chi connectivity index (χ3v) is 2.28. The zero-order valence-corrected chi connectivity index (χ0v) is 8.55. The highest BCUT2D eigenvalue weighted by atomic mass is 15.2. The Hall–Kier alpha value is -2.44. The van der Waals surface area contributed by atoms with E-state index in [2.05, 4.69) is 25.0 Å². The summed E-state index contributed by atoms with van der Waals surface area (Å²) in [4.78, 5) is 15.3. The maximum absolute atomic E-state index is 5.62. The zero-order chi connectivity index (χ0) is 11.1. The van der Waals surface area contributed by atoms with Crippen molar-refractivity contribution in [3.05, 3.63) is 18.7 Å². The Morgan fingerprint density at radius 2 is 2.25 bits per heavy atom. The Balaban J connectivity index is 2.33. The van der Waals surface area contributed by atoms with Gasteiger partial charge in [-0.3, -0.25) is 4.68 Å². The Bertz CT molecular complexity index is 651. The number of nitrogens with one attached hydrogen (secondary N) is 1. The molecule has 80 valence electrons. The maximum atomic E-state index is 5.62. The van der Waals surface area contributed by atoms with Crippen molar-refractivity contribution in [2.24, 2.45) is 7.05 Å². The molecule has 3 rings (SSSR count). The number of fused-ring (bicyclic) bond motifs is 1. The average molecular weight is 215 g/mol. The van der Waals surface area contributed by atoms with E-state index in [4.69, 9.17) is 5.73 Å². The number of nitrogen functional groups attached to an aromatic ring is 1. The normalized spacial score (nSPS) is 11.1. The minimum Gasteiger partial charge on any atom is -0.368 e. The molecule has 0 spiro atoms. The lowest BCUT2D eigenvalue weighted by atomic mass is 10.2. The van der Waals surface area contributed by atoms with E-state index < -0.39 is 0 Å². The highest BCUT2D eigenvalue weighted by Gasteiger charge is 2.11. The summed E-state index contributed by atoms with van der Waals surface area (Å²) in [6, 6.07) is 0. The van der Waals surface area contributed by atoms with Crippen LogP contribution in [-0.2, 0) is 7.05 Å². The third-order valence-electron chi connectivity index (χ3n) is 2.28. The van der Waals surface area contributed by atoms with Crippen molar-refractivity contribution in [1.82, 2.24) is 29.7 Å². The summed E-state index contributed by atoms with van der Waals surface area (Å²) in [7, 11) is 1.85. The van der Waals surface area contributed by atoms with Gasteiger partial charge >= 0.3 is 0 Å². The molecular formula is C9H9N7. The Kier molecular flexibility index (Phi) is 1.67. The largest absolute Gasteiger partial charge is 0.368 e. The van der Waals surface area contributed by atoms with Crippen LogP contribution in [0.5, 0.6) is 0 Å². The number of nitrogens with two attached hydrogens (primary N) is 1. The molecule has 7 heteroatoms. The van der Waals surface area contributed by atoms with Gasteiger partial charge in [-0.05, 0) is 0 Å². The lowest BCUT2D eigenvalue weighted by molar-refractivity contribution is 0.768. The summed E-state index contributed by atoms with van der Waals surface area (Å²) in [6.07, 6.45) is 5.16. The van der Waals surface area contributed by atoms with E-state index in [0.29, 0.717) is 11.3 Å². The second-order valence-corrected chi connectivity index (χ2v) is 3.43. The third kappa shape index (κ3) is 1.22. The van der Waals surface area contributed by atoms with Gasteiger partial charge in [0, 0.05) is 18.8 Å². The van der Waals surface area contributed by atoms with Gasteiger partial charge in [0.25, 0.3) is 0 Å². The van der Waals surface area contributed by atoms with E-state index in [1.807, 2.05) is 13.2 Å². The number of aromatic amines is 1. The van der Waals surface area contributed by atoms with Crippen molar-refractivity contribution in [1.29, 1.82) is 0 Å². The standard InChI is InChI=1S/C9H9N7/c1-16-3-5(2-13-16)6-7-8(12-4-11-7)15-9(10)14-6/h2-4H,1H3,(H3,10,11,12,14,15). The van der Waals surface area contributed by atoms with Crippen molar-refractivity contribution in [2.75, 3.05) is 5.73 Å². The van der Waals surface area contributed by atoms with Gasteiger partial charge in [-0.2, -0.15) is 10.1 Å². The predicted octanol–water partition coefficient (Wildman–Crippen LogP) is 0.336. The minimum atomic E-state index is 0.207. The molecule has 0 bridgehead atoms. The fourth-order valence-electron chi connectivity index (χ4n) is 1.60. The molecule has 3 aromatic heterocycles. The molecular weight excluding hydrogens is 206 g/mol. The molecule has 16 heavy (non-hydrogen) atoms. The van der Waals surface area contributed by atoms with E-state index in [0.717, 1.165) is 11.1 Å². The molecule has 0 radical (unpaired) electrons. The van der Waals surface area contributed by atoms with Crippen LogP contribution in [0.3, 0.4) is 0 Å². The van der Waals surface area contributed by atoms with Crippen molar-refractivity contribution in [2.45, 2.75) is 0 Å². The van der Waals surface area contributed by atoms with Gasteiger partial charge < -0.3 is 10.7 Å². The first-order valence-corrected chi connectivity index (χ1v) is 4.69. The molecule has 0 atom stereocenters. The number of H-pyrrole nitrogens is 1. The Morgan fingerprint density at radius 1 is 1.38 bits per heavy atom. The van der Waals surface area contributed by atoms with Gasteiger partial charge in [0.2, 0.25) is 5.95 Å². The van der Waals surface area contributed by atoms with Crippen molar-refractivity contribution < 1.29 is 0 Å². The first kappa shape index (κ1) is 8.84. The van der Waals surface area contributed by atoms with Crippen LogP contribution in [0.15, 0.2) is 18.7 Å². The zero-order valence-electron chi connectivity index (χ0n) is 8.55. The summed E-state index contributed by atoms with van der Waals surface area (Å²) in [5, 5.41) is 4.10. The van der Waals surface area contributed by atoms with E-state index >= 15 is 0 Å². The topological polar surface area (TPSA) is 98.3 Å². The molecule has 0 saturated carbocycles. The first-order chi connectivity index (χ1) is 7.74. The number of anilines is 1. The van der Waals surface area contributed by atoms with Crippen LogP contribution in [-0.4, -0.2) is 29.7 Å². The second-order valence-electron chi connectivity index (χ2n) is 3.43. The van der Waals surface area contributed by atoms with Gasteiger partial charge in [0.15, 0.2) is 5.65 Å². The molecule has 3 aromatic rings. The summed E-state index contributed by atoms with van der Waals surface area (Å²) < 4.78 is 1.70. The SMILES string of the molecule is Cn1cc(-c2nc(N)nc3nc[nH]c23)cn1. The first-order valence-electron chi connectivity index (χ1n) is 4.69. The minimum absolute atomic E-state index is 0.207. The van der Waals surface area contributed by atoms with E-state index in [1.54, 1.807) is 17.2 Å². The van der Waals surface area contributed by atoms with E-state index in [1.165, 1.54) is 0 Å². The fourth-order valence-corrected chi connectivity index (χ4v) is 1.60. The van der Waals surface area contributed by atoms with Crippen LogP contribution in [0, 0.1) is 0 Å². The Morgan fingerprint density at radius 3 is 3.00 bits per heavy atom. The van der Waals surface area contributed by atoms with Crippen LogP contribution in [0.4, 0.5) is 5.95 Å². The second kappa shape index (κ2) is 3.02. The molecule has 7 nitrogen and oxygen atoms in total. The van der Waals surface area contributed by atoms with Crippen LogP contribution in [0.2, 0.25) is 0 Å². The summed E-state index contributed by atoms with van der Waals surface area (Å²) in [6.45, 7) is 0. The number of hydrogen-bond acceptors (Lipinski definition) is 5. The predicted molar refractivity (Wildman–Crippen MR) is 58.3 cm³/mol. The number of hydrogen-bond donors (Lipinski definition) is 2. The molecule has 3 N–H and O–H groups in total. The number of rotatable bonds is 1. The lowest BCUT2D eigenvalue weighted by Crippen LogP contribution is -1.97. The summed E-state index contributed by atoms with van der Waals surface area (Å²) in [5.74, 6) is 0.207. The maximum Gasteiger partial charge on any atom is 0.222 e. The quantitative estimate of drug-likeness (QED) is 0.609. The van der Waals surface area contributed by atoms with Crippen LogP contribution in [0.1, 0.15) is 0 Å². The molecule has 3 heterocycles. The number of aromatic nitrogens is 6. The van der Waals surface area contributed by atoms with Gasteiger partial charge in [-0.1, -0.05) is 0 Å². The molecule has 0 aromatic carbocycles.